The molecule has 0 heterocycles. The van der Waals surface area contributed by atoms with E-state index < -0.39 is 91.5 Å². The summed E-state index contributed by atoms with van der Waals surface area (Å²) in [6.07, 6.45) is 89.8. The van der Waals surface area contributed by atoms with E-state index in [1.54, 1.807) is 0 Å². The molecule has 5 atom stereocenters. The number of phosphoric acid groups is 2. The first-order chi connectivity index (χ1) is 49.2. The van der Waals surface area contributed by atoms with Crippen LogP contribution in [0.4, 0.5) is 0 Å². The Kier molecular flexibility index (Phi) is 72.6. The third kappa shape index (κ3) is 76.9. The molecule has 0 spiro atoms. The lowest BCUT2D eigenvalue weighted by atomic mass is 10.0. The van der Waals surface area contributed by atoms with E-state index >= 15 is 0 Å². The molecule has 101 heavy (non-hydrogen) atoms. The van der Waals surface area contributed by atoms with Gasteiger partial charge in [0.1, 0.15) is 25.4 Å². The van der Waals surface area contributed by atoms with E-state index in [-0.39, 0.29) is 19.3 Å². The standard InChI is InChI=1S/C83H144O16P2/c1-4-7-10-13-16-19-22-25-27-29-31-32-33-34-35-36-37-38-39-40-41-42-43-44-46-48-49-52-54-57-60-63-66-69-81(86)93-72-78(84)73-95-100(89,90)96-74-79(85)75-97-101(91,92)98-77-80(99-83(88)71-68-65-62-59-56-51-24-21-18-15-12-9-6-3)76-94-82(87)70-67-64-61-58-55-53-50-47-45-30-28-26-23-20-17-14-11-8-5-2/h7-8,10-11,16-17,19-20,25-28,31-32,34-35,45,47,53,55,78-80,84-85H,4-6,9,12-15,18,21-24,29-30,33,36-44,46,48-52,54,56-77H2,1-3H3,(H,89,90)(H,91,92)/b10-7-,11-8-,19-16-,20-17-,27-25-,28-26-,32-31-,35-34-,47-45-,55-53-. The molecule has 0 aromatic carbocycles. The van der Waals surface area contributed by atoms with Crippen molar-refractivity contribution in [1.82, 2.24) is 0 Å². The molecule has 0 aliphatic heterocycles. The van der Waals surface area contributed by atoms with Crippen LogP contribution in [0.2, 0.25) is 0 Å². The molecule has 0 bridgehead atoms. The summed E-state index contributed by atoms with van der Waals surface area (Å²) in [6.45, 7) is 2.44. The molecule has 0 fully saturated rings. The van der Waals surface area contributed by atoms with Gasteiger partial charge in [0.15, 0.2) is 6.10 Å². The zero-order valence-electron chi connectivity index (χ0n) is 63.5. The fourth-order valence-corrected chi connectivity index (χ4v) is 12.3. The fraction of sp³-hybridized carbons (Fsp3) is 0.723. The van der Waals surface area contributed by atoms with Crippen LogP contribution >= 0.6 is 15.6 Å². The van der Waals surface area contributed by atoms with Crippen molar-refractivity contribution in [2.24, 2.45) is 0 Å². The molecule has 0 amide bonds. The SMILES string of the molecule is CC/C=C\C/C=C\C/C=C\C/C=C\C/C=C\CCCCCCCCCCCCCCCCCCCC(=O)OCC(O)COP(=O)(O)OCC(O)COP(=O)(O)OCC(COC(=O)CCCCC/C=C\C/C=C\C/C=C\C/C=C\C/C=C\CC)OC(=O)CCCCCCCCCCCCCCC. The highest BCUT2D eigenvalue weighted by Gasteiger charge is 2.29. The summed E-state index contributed by atoms with van der Waals surface area (Å²) in [6, 6.07) is 0. The molecule has 0 saturated heterocycles. The van der Waals surface area contributed by atoms with Crippen molar-refractivity contribution < 1.29 is 75.8 Å². The third-order valence-corrected chi connectivity index (χ3v) is 18.6. The molecule has 0 aromatic heterocycles. The van der Waals surface area contributed by atoms with Gasteiger partial charge in [0.2, 0.25) is 0 Å². The van der Waals surface area contributed by atoms with Crippen LogP contribution in [0.25, 0.3) is 0 Å². The highest BCUT2D eigenvalue weighted by atomic mass is 31.2. The molecule has 0 saturated carbocycles. The van der Waals surface area contributed by atoms with Crippen LogP contribution in [0.15, 0.2) is 122 Å². The lowest BCUT2D eigenvalue weighted by molar-refractivity contribution is -0.161. The van der Waals surface area contributed by atoms with Crippen molar-refractivity contribution in [1.29, 1.82) is 0 Å². The van der Waals surface area contributed by atoms with Gasteiger partial charge in [-0.3, -0.25) is 32.5 Å². The Morgan fingerprint density at radius 3 is 0.842 bits per heavy atom. The molecule has 16 nitrogen and oxygen atoms in total. The molecular weight excluding hydrogens is 1310 g/mol. The Labute approximate surface area is 614 Å². The molecule has 18 heteroatoms. The summed E-state index contributed by atoms with van der Waals surface area (Å²) >= 11 is 0. The second kappa shape index (κ2) is 75.6. The summed E-state index contributed by atoms with van der Waals surface area (Å²) in [4.78, 5) is 58.6. The van der Waals surface area contributed by atoms with Crippen LogP contribution in [-0.2, 0) is 55.8 Å². The van der Waals surface area contributed by atoms with Gasteiger partial charge in [0.05, 0.1) is 26.4 Å². The van der Waals surface area contributed by atoms with Gasteiger partial charge in [-0.05, 0) is 109 Å². The van der Waals surface area contributed by atoms with Crippen LogP contribution in [0, 0.1) is 0 Å². The number of unbranched alkanes of at least 4 members (excludes halogenated alkanes) is 32. The molecule has 5 unspecified atom stereocenters. The molecule has 0 aliphatic rings. The highest BCUT2D eigenvalue weighted by Crippen LogP contribution is 2.45. The number of carbonyl (C=O) groups is 3. The largest absolute Gasteiger partial charge is 0.472 e. The Balaban J connectivity index is 4.41. The van der Waals surface area contributed by atoms with Crippen molar-refractivity contribution in [2.45, 2.75) is 347 Å². The van der Waals surface area contributed by atoms with Gasteiger partial charge in [0, 0.05) is 19.3 Å². The number of rotatable bonds is 75. The van der Waals surface area contributed by atoms with Gasteiger partial charge in [-0.25, -0.2) is 9.13 Å². The van der Waals surface area contributed by atoms with E-state index in [0.717, 1.165) is 128 Å². The van der Waals surface area contributed by atoms with Gasteiger partial charge >= 0.3 is 33.6 Å². The first-order valence-electron chi connectivity index (χ1n) is 39.8. The fourth-order valence-electron chi connectivity index (χ4n) is 10.7. The molecule has 0 aliphatic carbocycles. The van der Waals surface area contributed by atoms with Gasteiger partial charge in [-0.2, -0.15) is 0 Å². The molecule has 0 aromatic rings. The zero-order chi connectivity index (χ0) is 73.7. The molecule has 0 rings (SSSR count). The van der Waals surface area contributed by atoms with Gasteiger partial charge < -0.3 is 34.2 Å². The Hall–Kier alpha value is -4.05. The third-order valence-electron chi connectivity index (χ3n) is 16.7. The maximum atomic E-state index is 12.9. The second-order valence-corrected chi connectivity index (χ2v) is 29.4. The average Bonchev–Trinajstić information content (AvgIpc) is 0.933. The van der Waals surface area contributed by atoms with Crippen LogP contribution in [0.3, 0.4) is 0 Å². The molecular formula is C83H144O16P2. The number of esters is 3. The van der Waals surface area contributed by atoms with Gasteiger partial charge in [-0.1, -0.05) is 322 Å². The van der Waals surface area contributed by atoms with Crippen LogP contribution in [-0.4, -0.2) is 95.9 Å². The number of aliphatic hydroxyl groups excluding tert-OH is 2. The summed E-state index contributed by atoms with van der Waals surface area (Å²) in [5, 5.41) is 20.6. The van der Waals surface area contributed by atoms with E-state index in [4.69, 9.17) is 32.3 Å². The molecule has 0 radical (unpaired) electrons. The number of phosphoric ester groups is 2. The first kappa shape index (κ1) is 97.0. The Morgan fingerprint density at radius 1 is 0.287 bits per heavy atom. The topological polar surface area (TPSA) is 231 Å². The predicted molar refractivity (Wildman–Crippen MR) is 417 cm³/mol. The number of carbonyl (C=O) groups excluding carboxylic acids is 3. The smallest absolute Gasteiger partial charge is 0.463 e. The Morgan fingerprint density at radius 2 is 0.525 bits per heavy atom. The van der Waals surface area contributed by atoms with Gasteiger partial charge in [-0.15, -0.1) is 0 Å². The number of aliphatic hydroxyl groups is 2. The number of allylic oxidation sites excluding steroid dienone is 20. The van der Waals surface area contributed by atoms with Crippen LogP contribution in [0.1, 0.15) is 329 Å². The monoisotopic (exact) mass is 1460 g/mol. The lowest BCUT2D eigenvalue weighted by Gasteiger charge is -2.21. The second-order valence-electron chi connectivity index (χ2n) is 26.5. The van der Waals surface area contributed by atoms with E-state index in [9.17, 15) is 43.5 Å². The maximum Gasteiger partial charge on any atom is 0.472 e. The normalized spacial score (nSPS) is 14.6. The quantitative estimate of drug-likeness (QED) is 0.0146. The predicted octanol–water partition coefficient (Wildman–Crippen LogP) is 23.3. The number of hydrogen-bond acceptors (Lipinski definition) is 14. The molecule has 582 valence electrons. The van der Waals surface area contributed by atoms with Crippen molar-refractivity contribution in [3.05, 3.63) is 122 Å². The van der Waals surface area contributed by atoms with Crippen molar-refractivity contribution >= 4 is 33.6 Å². The minimum atomic E-state index is -4.93. The summed E-state index contributed by atoms with van der Waals surface area (Å²) in [5.41, 5.74) is 0. The summed E-state index contributed by atoms with van der Waals surface area (Å²) in [7, 11) is -9.79. The van der Waals surface area contributed by atoms with Crippen molar-refractivity contribution in [2.75, 3.05) is 39.6 Å². The minimum Gasteiger partial charge on any atom is -0.463 e. The van der Waals surface area contributed by atoms with E-state index in [1.807, 2.05) is 0 Å². The first-order valence-corrected chi connectivity index (χ1v) is 42.8. The van der Waals surface area contributed by atoms with Gasteiger partial charge in [0.25, 0.3) is 0 Å². The van der Waals surface area contributed by atoms with E-state index in [1.165, 1.54) is 141 Å². The van der Waals surface area contributed by atoms with Crippen molar-refractivity contribution in [3.63, 3.8) is 0 Å². The Bertz CT molecular complexity index is 2320. The van der Waals surface area contributed by atoms with Crippen LogP contribution < -0.4 is 0 Å². The minimum absolute atomic E-state index is 0.0989. The highest BCUT2D eigenvalue weighted by molar-refractivity contribution is 7.47. The number of ether oxygens (including phenoxy) is 3. The number of hydrogen-bond donors (Lipinski definition) is 4. The lowest BCUT2D eigenvalue weighted by Crippen LogP contribution is -2.30. The zero-order valence-corrected chi connectivity index (χ0v) is 65.3. The van der Waals surface area contributed by atoms with E-state index in [2.05, 4.69) is 142 Å². The van der Waals surface area contributed by atoms with Crippen molar-refractivity contribution in [3.8, 4) is 0 Å². The van der Waals surface area contributed by atoms with E-state index in [0.29, 0.717) is 19.3 Å². The summed E-state index contributed by atoms with van der Waals surface area (Å²) < 4.78 is 61.1. The average molecular weight is 1460 g/mol. The maximum absolute atomic E-state index is 12.9. The summed E-state index contributed by atoms with van der Waals surface area (Å²) in [5.74, 6) is -1.60. The van der Waals surface area contributed by atoms with Crippen LogP contribution in [0.5, 0.6) is 0 Å². The molecule has 4 N–H and O–H groups in total.